The van der Waals surface area contributed by atoms with Gasteiger partial charge in [0, 0.05) is 6.04 Å². The molecule has 1 aliphatic carbocycles. The van der Waals surface area contributed by atoms with Crippen LogP contribution in [0.4, 0.5) is 4.79 Å². The molecule has 0 atom stereocenters. The molecule has 0 saturated heterocycles. The predicted molar refractivity (Wildman–Crippen MR) is 85.3 cm³/mol. The molecule has 3 nitrogen and oxygen atoms in total. The zero-order valence-electron chi connectivity index (χ0n) is 13.4. The van der Waals surface area contributed by atoms with Crippen LogP contribution < -0.4 is 5.32 Å². The van der Waals surface area contributed by atoms with Crippen molar-refractivity contribution in [1.29, 1.82) is 0 Å². The molecule has 1 fully saturated rings. The Hall–Kier alpha value is -1.51. The van der Waals surface area contributed by atoms with E-state index in [1.165, 1.54) is 18.4 Å². The molecule has 1 N–H and O–H groups in total. The summed E-state index contributed by atoms with van der Waals surface area (Å²) in [5.74, 6) is 0.740. The van der Waals surface area contributed by atoms with Crippen molar-refractivity contribution in [2.45, 2.75) is 64.5 Å². The summed E-state index contributed by atoms with van der Waals surface area (Å²) in [5.41, 5.74) is 0.996. The van der Waals surface area contributed by atoms with E-state index < -0.39 is 5.60 Å². The van der Waals surface area contributed by atoms with E-state index in [9.17, 15) is 4.79 Å². The van der Waals surface area contributed by atoms with Gasteiger partial charge in [-0.1, -0.05) is 30.3 Å². The van der Waals surface area contributed by atoms with E-state index in [4.69, 9.17) is 4.74 Å². The van der Waals surface area contributed by atoms with Crippen molar-refractivity contribution in [2.24, 2.45) is 5.92 Å². The summed E-state index contributed by atoms with van der Waals surface area (Å²) in [6, 6.07) is 10.9. The van der Waals surface area contributed by atoms with Crippen molar-refractivity contribution in [3.05, 3.63) is 35.9 Å². The third-order valence-corrected chi connectivity index (χ3v) is 3.93. The minimum absolute atomic E-state index is 0.270. The van der Waals surface area contributed by atoms with Crippen LogP contribution in [0.2, 0.25) is 0 Å². The number of rotatable bonds is 3. The standard InChI is InChI=1S/C18H27NO2/c1-18(2,3)21-17(20)19-16-11-9-15(10-12-16)13-14-7-5-4-6-8-14/h4-8,15-16H,9-13H2,1-3H3,(H,19,20). The number of hydrogen-bond acceptors (Lipinski definition) is 2. The van der Waals surface area contributed by atoms with E-state index in [0.717, 1.165) is 25.2 Å². The van der Waals surface area contributed by atoms with Crippen LogP contribution in [0.3, 0.4) is 0 Å². The maximum absolute atomic E-state index is 11.8. The van der Waals surface area contributed by atoms with Crippen molar-refractivity contribution in [1.82, 2.24) is 5.32 Å². The largest absolute Gasteiger partial charge is 0.444 e. The molecule has 1 aromatic rings. The highest BCUT2D eigenvalue weighted by molar-refractivity contribution is 5.68. The van der Waals surface area contributed by atoms with Crippen LogP contribution in [0.25, 0.3) is 0 Å². The molecule has 1 aromatic carbocycles. The number of amides is 1. The summed E-state index contributed by atoms with van der Waals surface area (Å²) >= 11 is 0. The number of benzene rings is 1. The van der Waals surface area contributed by atoms with Gasteiger partial charge in [-0.15, -0.1) is 0 Å². The Kier molecular flexibility index (Phi) is 5.27. The normalized spacial score (nSPS) is 22.6. The molecule has 1 saturated carbocycles. The van der Waals surface area contributed by atoms with Crippen molar-refractivity contribution in [3.63, 3.8) is 0 Å². The van der Waals surface area contributed by atoms with Crippen LogP contribution in [0.1, 0.15) is 52.0 Å². The summed E-state index contributed by atoms with van der Waals surface area (Å²) < 4.78 is 5.31. The minimum Gasteiger partial charge on any atom is -0.444 e. The first kappa shape index (κ1) is 15.9. The van der Waals surface area contributed by atoms with Gasteiger partial charge in [0.15, 0.2) is 0 Å². The fourth-order valence-electron chi connectivity index (χ4n) is 2.93. The Labute approximate surface area is 128 Å². The van der Waals surface area contributed by atoms with Crippen LogP contribution in [0.15, 0.2) is 30.3 Å². The van der Waals surface area contributed by atoms with Crippen LogP contribution in [0.5, 0.6) is 0 Å². The third-order valence-electron chi connectivity index (χ3n) is 3.93. The first-order valence-electron chi connectivity index (χ1n) is 7.96. The van der Waals surface area contributed by atoms with Gasteiger partial charge in [-0.25, -0.2) is 4.79 Å². The Morgan fingerprint density at radius 2 is 1.76 bits per heavy atom. The average Bonchev–Trinajstić information content (AvgIpc) is 2.40. The lowest BCUT2D eigenvalue weighted by atomic mass is 9.82. The van der Waals surface area contributed by atoms with Crippen LogP contribution in [0, 0.1) is 5.92 Å². The van der Waals surface area contributed by atoms with Crippen molar-refractivity contribution < 1.29 is 9.53 Å². The van der Waals surface area contributed by atoms with Gasteiger partial charge in [0.2, 0.25) is 0 Å². The summed E-state index contributed by atoms with van der Waals surface area (Å²) in [4.78, 5) is 11.8. The maximum atomic E-state index is 11.8. The van der Waals surface area contributed by atoms with Crippen LogP contribution in [-0.2, 0) is 11.2 Å². The van der Waals surface area contributed by atoms with E-state index in [-0.39, 0.29) is 12.1 Å². The number of hydrogen-bond donors (Lipinski definition) is 1. The first-order chi connectivity index (χ1) is 9.92. The van der Waals surface area contributed by atoms with Gasteiger partial charge < -0.3 is 10.1 Å². The Morgan fingerprint density at radius 1 is 1.14 bits per heavy atom. The van der Waals surface area contributed by atoms with Crippen LogP contribution >= 0.6 is 0 Å². The van der Waals surface area contributed by atoms with E-state index >= 15 is 0 Å². The van der Waals surface area contributed by atoms with Gasteiger partial charge >= 0.3 is 6.09 Å². The number of carbonyl (C=O) groups is 1. The van der Waals surface area contributed by atoms with Gasteiger partial charge in [-0.05, 0) is 64.4 Å². The molecule has 0 unspecified atom stereocenters. The molecule has 0 spiro atoms. The fourth-order valence-corrected chi connectivity index (χ4v) is 2.93. The van der Waals surface area contributed by atoms with E-state index in [1.807, 2.05) is 20.8 Å². The molecule has 116 valence electrons. The monoisotopic (exact) mass is 289 g/mol. The topological polar surface area (TPSA) is 38.3 Å². The highest BCUT2D eigenvalue weighted by Crippen LogP contribution is 2.27. The summed E-state index contributed by atoms with van der Waals surface area (Å²) in [5, 5.41) is 3.00. The predicted octanol–water partition coefficient (Wildman–Crippen LogP) is 4.31. The fraction of sp³-hybridized carbons (Fsp3) is 0.611. The second kappa shape index (κ2) is 6.97. The number of alkyl carbamates (subject to hydrolysis) is 1. The van der Waals surface area contributed by atoms with Gasteiger partial charge in [-0.2, -0.15) is 0 Å². The second-order valence-corrected chi connectivity index (χ2v) is 7.05. The molecule has 0 heterocycles. The smallest absolute Gasteiger partial charge is 0.407 e. The first-order valence-corrected chi connectivity index (χ1v) is 7.96. The lowest BCUT2D eigenvalue weighted by Gasteiger charge is -2.30. The van der Waals surface area contributed by atoms with E-state index in [1.54, 1.807) is 0 Å². The van der Waals surface area contributed by atoms with Crippen molar-refractivity contribution in [2.75, 3.05) is 0 Å². The Bertz CT molecular complexity index is 442. The number of nitrogens with one attached hydrogen (secondary N) is 1. The quantitative estimate of drug-likeness (QED) is 0.900. The highest BCUT2D eigenvalue weighted by atomic mass is 16.6. The van der Waals surface area contributed by atoms with Gasteiger partial charge in [-0.3, -0.25) is 0 Å². The summed E-state index contributed by atoms with van der Waals surface area (Å²) in [6.07, 6.45) is 5.33. The second-order valence-electron chi connectivity index (χ2n) is 7.05. The molecule has 0 aliphatic heterocycles. The molecule has 0 radical (unpaired) electrons. The molecule has 0 aromatic heterocycles. The average molecular weight is 289 g/mol. The Morgan fingerprint density at radius 3 is 2.33 bits per heavy atom. The van der Waals surface area contributed by atoms with Gasteiger partial charge in [0.1, 0.15) is 5.60 Å². The van der Waals surface area contributed by atoms with E-state index in [0.29, 0.717) is 0 Å². The molecule has 2 rings (SSSR count). The highest BCUT2D eigenvalue weighted by Gasteiger charge is 2.24. The number of ether oxygens (including phenoxy) is 1. The molecule has 21 heavy (non-hydrogen) atoms. The lowest BCUT2D eigenvalue weighted by molar-refractivity contribution is 0.0487. The molecule has 0 bridgehead atoms. The van der Waals surface area contributed by atoms with Gasteiger partial charge in [0.05, 0.1) is 0 Å². The summed E-state index contributed by atoms with van der Waals surface area (Å²) in [7, 11) is 0. The maximum Gasteiger partial charge on any atom is 0.407 e. The molecular formula is C18H27NO2. The molecule has 1 amide bonds. The zero-order valence-corrected chi connectivity index (χ0v) is 13.4. The lowest BCUT2D eigenvalue weighted by Crippen LogP contribution is -2.41. The molecule has 3 heteroatoms. The SMILES string of the molecule is CC(C)(C)OC(=O)NC1CCC(Cc2ccccc2)CC1. The zero-order chi connectivity index (χ0) is 15.3. The summed E-state index contributed by atoms with van der Waals surface area (Å²) in [6.45, 7) is 5.68. The van der Waals surface area contributed by atoms with Gasteiger partial charge in [0.25, 0.3) is 0 Å². The van der Waals surface area contributed by atoms with Crippen molar-refractivity contribution >= 4 is 6.09 Å². The Balaban J connectivity index is 1.72. The van der Waals surface area contributed by atoms with E-state index in [2.05, 4.69) is 35.6 Å². The minimum atomic E-state index is -0.422. The molecule has 1 aliphatic rings. The third kappa shape index (κ3) is 5.78. The van der Waals surface area contributed by atoms with Crippen molar-refractivity contribution in [3.8, 4) is 0 Å². The van der Waals surface area contributed by atoms with Crippen LogP contribution in [-0.4, -0.2) is 17.7 Å². The molecular weight excluding hydrogens is 262 g/mol. The number of carbonyl (C=O) groups excluding carboxylic acids is 1.